The lowest BCUT2D eigenvalue weighted by molar-refractivity contribution is 0.642. The van der Waals surface area contributed by atoms with Crippen LogP contribution < -0.4 is 0 Å². The average molecular weight is 565 g/mol. The van der Waals surface area contributed by atoms with Crippen molar-refractivity contribution >= 4 is 52.4 Å². The second kappa shape index (κ2) is 12.3. The van der Waals surface area contributed by atoms with Gasteiger partial charge in [0, 0.05) is 44.3 Å². The van der Waals surface area contributed by atoms with E-state index in [1.807, 2.05) is 6.08 Å². The fourth-order valence-corrected chi connectivity index (χ4v) is 6.69. The van der Waals surface area contributed by atoms with Crippen molar-refractivity contribution in [2.24, 2.45) is 0 Å². The zero-order chi connectivity index (χ0) is 29.9. The van der Waals surface area contributed by atoms with Gasteiger partial charge in [0.25, 0.3) is 0 Å². The van der Waals surface area contributed by atoms with Gasteiger partial charge in [0.1, 0.15) is 0 Å². The Bertz CT molecular complexity index is 1810. The first-order valence-electron chi connectivity index (χ1n) is 15.7. The summed E-state index contributed by atoms with van der Waals surface area (Å²) in [7, 11) is 0. The van der Waals surface area contributed by atoms with Crippen molar-refractivity contribution in [2.75, 3.05) is 0 Å². The van der Waals surface area contributed by atoms with Gasteiger partial charge < -0.3 is 9.97 Å². The second-order valence-corrected chi connectivity index (χ2v) is 11.4. The number of nitrogens with one attached hydrogen (secondary N) is 2. The van der Waals surface area contributed by atoms with Crippen LogP contribution >= 0.6 is 0 Å². The molecular formula is C39H40N4. The van der Waals surface area contributed by atoms with Crippen molar-refractivity contribution in [3.63, 3.8) is 0 Å². The summed E-state index contributed by atoms with van der Waals surface area (Å²) in [6, 6.07) is 19.5. The minimum absolute atomic E-state index is 0.365. The lowest BCUT2D eigenvalue weighted by Gasteiger charge is -2.14. The van der Waals surface area contributed by atoms with Crippen LogP contribution in [0.1, 0.15) is 105 Å². The zero-order valence-electron chi connectivity index (χ0n) is 25.7. The zero-order valence-corrected chi connectivity index (χ0v) is 25.7. The molecule has 1 aromatic carbocycles. The molecule has 4 nitrogen and oxygen atoms in total. The van der Waals surface area contributed by atoms with Crippen molar-refractivity contribution in [1.82, 2.24) is 19.9 Å². The Balaban J connectivity index is 1.84. The van der Waals surface area contributed by atoms with Gasteiger partial charge in [-0.25, -0.2) is 9.97 Å². The van der Waals surface area contributed by atoms with Crippen LogP contribution in [0.15, 0.2) is 66.9 Å². The Hall–Kier alpha value is -4.66. The van der Waals surface area contributed by atoms with Gasteiger partial charge in [-0.3, -0.25) is 0 Å². The van der Waals surface area contributed by atoms with Crippen LogP contribution in [-0.2, 0) is 0 Å². The SMILES string of the molecule is C=C=Cc1c2nc(c(C(CC)CC)c3ccc([nH]3)c(-c3ccccc3)c3ccc([nH]3)c(C(CC)CC)c3nc1C=C3)C=C2. The molecule has 0 unspecified atom stereocenters. The Morgan fingerprint density at radius 3 is 1.51 bits per heavy atom. The first-order chi connectivity index (χ1) is 21.1. The fraction of sp³-hybridized carbons (Fsp3) is 0.256. The molecule has 8 bridgehead atoms. The third kappa shape index (κ3) is 5.24. The Labute approximate surface area is 254 Å². The molecule has 4 heteroatoms. The lowest BCUT2D eigenvalue weighted by atomic mass is 9.92. The second-order valence-electron chi connectivity index (χ2n) is 11.4. The molecule has 216 valence electrons. The fourth-order valence-electron chi connectivity index (χ4n) is 6.69. The van der Waals surface area contributed by atoms with E-state index in [1.165, 1.54) is 11.1 Å². The molecular weight excluding hydrogens is 524 g/mol. The number of fused-ring (bicyclic) bond motifs is 8. The van der Waals surface area contributed by atoms with E-state index >= 15 is 0 Å². The monoisotopic (exact) mass is 564 g/mol. The predicted molar refractivity (Wildman–Crippen MR) is 185 cm³/mol. The van der Waals surface area contributed by atoms with Crippen molar-refractivity contribution in [1.29, 1.82) is 0 Å². The van der Waals surface area contributed by atoms with Gasteiger partial charge in [-0.15, -0.1) is 5.73 Å². The molecule has 0 saturated heterocycles. The van der Waals surface area contributed by atoms with Gasteiger partial charge in [0.2, 0.25) is 0 Å². The summed E-state index contributed by atoms with van der Waals surface area (Å²) in [5.41, 5.74) is 16.9. The number of hydrogen-bond donors (Lipinski definition) is 2. The number of benzene rings is 1. The summed E-state index contributed by atoms with van der Waals surface area (Å²) in [6.45, 7) is 12.9. The van der Waals surface area contributed by atoms with E-state index in [9.17, 15) is 0 Å². The van der Waals surface area contributed by atoms with Crippen molar-refractivity contribution in [2.45, 2.75) is 65.2 Å². The minimum Gasteiger partial charge on any atom is -0.355 e. The van der Waals surface area contributed by atoms with E-state index in [-0.39, 0.29) is 0 Å². The van der Waals surface area contributed by atoms with Gasteiger partial charge in [0.05, 0.1) is 22.8 Å². The molecule has 2 aliphatic heterocycles. The van der Waals surface area contributed by atoms with E-state index in [4.69, 9.17) is 9.97 Å². The molecule has 0 spiro atoms. The molecule has 0 radical (unpaired) electrons. The lowest BCUT2D eigenvalue weighted by Crippen LogP contribution is -2.00. The number of rotatable bonds is 8. The summed E-state index contributed by atoms with van der Waals surface area (Å²) in [4.78, 5) is 18.1. The molecule has 0 aliphatic carbocycles. The number of H-pyrrole nitrogens is 2. The van der Waals surface area contributed by atoms with E-state index < -0.39 is 0 Å². The standard InChI is InChI=1S/C39H40N4/c1-6-14-28-29-17-19-31(40-29)37(25(7-2)8-3)33-21-23-35(42-33)39(27-15-12-11-13-16-27)36-24-22-34(43-36)38(26(9-4)10-5)32-20-18-30(28)41-32/h11-26,42-43H,1,7-10H2,2-5H3. The highest BCUT2D eigenvalue weighted by Gasteiger charge is 2.21. The largest absolute Gasteiger partial charge is 0.355 e. The molecule has 3 aromatic heterocycles. The maximum absolute atomic E-state index is 5.23. The third-order valence-electron chi connectivity index (χ3n) is 8.97. The summed E-state index contributed by atoms with van der Waals surface area (Å²) in [5.74, 6) is 0.731. The van der Waals surface area contributed by atoms with Crippen LogP contribution in [0.4, 0.5) is 0 Å². The number of hydrogen-bond acceptors (Lipinski definition) is 2. The third-order valence-corrected chi connectivity index (χ3v) is 8.97. The van der Waals surface area contributed by atoms with E-state index in [2.05, 4.69) is 129 Å². The molecule has 0 amide bonds. The van der Waals surface area contributed by atoms with Crippen molar-refractivity contribution in [3.05, 3.63) is 106 Å². The van der Waals surface area contributed by atoms with E-state index in [0.29, 0.717) is 11.8 Å². The summed E-state index contributed by atoms with van der Waals surface area (Å²) in [6.07, 6.45) is 14.6. The van der Waals surface area contributed by atoms with Crippen LogP contribution in [0.2, 0.25) is 0 Å². The Morgan fingerprint density at radius 1 is 0.628 bits per heavy atom. The smallest absolute Gasteiger partial charge is 0.0738 e. The van der Waals surface area contributed by atoms with Crippen LogP contribution in [0.5, 0.6) is 0 Å². The Kier molecular flexibility index (Phi) is 8.13. The van der Waals surface area contributed by atoms with Crippen LogP contribution in [-0.4, -0.2) is 19.9 Å². The van der Waals surface area contributed by atoms with Gasteiger partial charge in [-0.1, -0.05) is 64.6 Å². The number of nitrogens with zero attached hydrogens (tertiary/aromatic N) is 2. The van der Waals surface area contributed by atoms with Gasteiger partial charge in [-0.2, -0.15) is 0 Å². The highest BCUT2D eigenvalue weighted by molar-refractivity contribution is 5.94. The van der Waals surface area contributed by atoms with Gasteiger partial charge in [-0.05, 0) is 97.7 Å². The van der Waals surface area contributed by atoms with E-state index in [0.717, 1.165) is 87.2 Å². The van der Waals surface area contributed by atoms with Crippen molar-refractivity contribution < 1.29 is 0 Å². The Morgan fingerprint density at radius 2 is 1.07 bits per heavy atom. The average Bonchev–Trinajstić information content (AvgIpc) is 3.86. The normalized spacial score (nSPS) is 12.3. The molecule has 43 heavy (non-hydrogen) atoms. The number of aromatic amines is 2. The first kappa shape index (κ1) is 28.5. The highest BCUT2D eigenvalue weighted by atomic mass is 14.8. The van der Waals surface area contributed by atoms with Crippen LogP contribution in [0, 0.1) is 0 Å². The molecule has 0 fully saturated rings. The number of aromatic nitrogens is 4. The topological polar surface area (TPSA) is 57.4 Å². The van der Waals surface area contributed by atoms with Gasteiger partial charge >= 0.3 is 0 Å². The maximum Gasteiger partial charge on any atom is 0.0738 e. The van der Waals surface area contributed by atoms with Crippen LogP contribution in [0.25, 0.3) is 63.6 Å². The van der Waals surface area contributed by atoms with Crippen LogP contribution in [0.3, 0.4) is 0 Å². The maximum atomic E-state index is 5.23. The minimum atomic E-state index is 0.365. The molecule has 0 atom stereocenters. The molecule has 6 rings (SSSR count). The summed E-state index contributed by atoms with van der Waals surface area (Å²) >= 11 is 0. The summed E-state index contributed by atoms with van der Waals surface area (Å²) in [5, 5.41) is 0. The molecule has 4 aromatic rings. The van der Waals surface area contributed by atoms with Gasteiger partial charge in [0.15, 0.2) is 0 Å². The molecule has 5 heterocycles. The highest BCUT2D eigenvalue weighted by Crippen LogP contribution is 2.36. The molecule has 2 aliphatic rings. The van der Waals surface area contributed by atoms with Crippen molar-refractivity contribution in [3.8, 4) is 11.1 Å². The predicted octanol–water partition coefficient (Wildman–Crippen LogP) is 10.9. The quantitative estimate of drug-likeness (QED) is 0.181. The molecule has 0 saturated carbocycles. The molecule has 2 N–H and O–H groups in total. The first-order valence-corrected chi connectivity index (χ1v) is 15.7. The summed E-state index contributed by atoms with van der Waals surface area (Å²) < 4.78 is 0. The van der Waals surface area contributed by atoms with E-state index in [1.54, 1.807) is 0 Å².